The van der Waals surface area contributed by atoms with Gasteiger partial charge in [-0.2, -0.15) is 13.2 Å². The standard InChI is InChI=1S/C13H9F3N2O/c1-8-6-9(2-5-18-8)12(19)10-7-17-4-3-11(10)13(14,15)16/h2-7H,1H3. The molecule has 0 saturated heterocycles. The normalized spacial score (nSPS) is 11.4. The molecule has 0 N–H and O–H groups in total. The smallest absolute Gasteiger partial charge is 0.289 e. The molecular weight excluding hydrogens is 257 g/mol. The Bertz CT molecular complexity index is 623. The molecule has 98 valence electrons. The molecule has 0 fully saturated rings. The van der Waals surface area contributed by atoms with Crippen LogP contribution in [0.2, 0.25) is 0 Å². The number of ketones is 1. The third-order valence-electron chi connectivity index (χ3n) is 2.53. The van der Waals surface area contributed by atoms with Crippen molar-refractivity contribution in [2.45, 2.75) is 13.1 Å². The monoisotopic (exact) mass is 266 g/mol. The summed E-state index contributed by atoms with van der Waals surface area (Å²) in [4.78, 5) is 19.6. The summed E-state index contributed by atoms with van der Waals surface area (Å²) in [6.45, 7) is 1.66. The maximum Gasteiger partial charge on any atom is 0.417 e. The highest BCUT2D eigenvalue weighted by Gasteiger charge is 2.35. The molecule has 2 heterocycles. The lowest BCUT2D eigenvalue weighted by molar-refractivity contribution is -0.137. The van der Waals surface area contributed by atoms with E-state index in [4.69, 9.17) is 0 Å². The Hall–Kier alpha value is -2.24. The summed E-state index contributed by atoms with van der Waals surface area (Å²) in [5.74, 6) is -0.717. The summed E-state index contributed by atoms with van der Waals surface area (Å²) in [7, 11) is 0. The van der Waals surface area contributed by atoms with Gasteiger partial charge >= 0.3 is 6.18 Å². The molecule has 2 rings (SSSR count). The summed E-state index contributed by atoms with van der Waals surface area (Å²) in [5, 5.41) is 0. The molecule has 0 spiro atoms. The lowest BCUT2D eigenvalue weighted by Gasteiger charge is -2.11. The average Bonchev–Trinajstić information content (AvgIpc) is 2.37. The topological polar surface area (TPSA) is 42.9 Å². The second kappa shape index (κ2) is 4.79. The molecule has 19 heavy (non-hydrogen) atoms. The molecule has 0 unspecified atom stereocenters. The highest BCUT2D eigenvalue weighted by molar-refractivity contribution is 6.09. The van der Waals surface area contributed by atoms with Gasteiger partial charge in [-0.25, -0.2) is 0 Å². The molecule has 0 amide bonds. The first-order valence-electron chi connectivity index (χ1n) is 5.38. The number of pyridine rings is 2. The van der Waals surface area contributed by atoms with Gasteiger partial charge in [-0.3, -0.25) is 14.8 Å². The van der Waals surface area contributed by atoms with Gasteiger partial charge in [0.2, 0.25) is 0 Å². The molecule has 0 aliphatic carbocycles. The van der Waals surface area contributed by atoms with E-state index in [1.807, 2.05) is 0 Å². The highest BCUT2D eigenvalue weighted by Crippen LogP contribution is 2.32. The van der Waals surface area contributed by atoms with Gasteiger partial charge in [0.05, 0.1) is 11.1 Å². The number of rotatable bonds is 2. The van der Waals surface area contributed by atoms with Gasteiger partial charge in [-0.1, -0.05) is 0 Å². The van der Waals surface area contributed by atoms with E-state index in [0.717, 1.165) is 18.5 Å². The van der Waals surface area contributed by atoms with Crippen molar-refractivity contribution in [1.29, 1.82) is 0 Å². The van der Waals surface area contributed by atoms with Gasteiger partial charge in [-0.05, 0) is 25.1 Å². The summed E-state index contributed by atoms with van der Waals surface area (Å²) < 4.78 is 38.4. The quantitative estimate of drug-likeness (QED) is 0.785. The summed E-state index contributed by atoms with van der Waals surface area (Å²) in [6, 6.07) is 3.61. The van der Waals surface area contributed by atoms with Crippen LogP contribution in [0.5, 0.6) is 0 Å². The zero-order chi connectivity index (χ0) is 14.0. The molecular formula is C13H9F3N2O. The van der Waals surface area contributed by atoms with Crippen LogP contribution >= 0.6 is 0 Å². The molecule has 2 aromatic rings. The van der Waals surface area contributed by atoms with Crippen molar-refractivity contribution in [3.8, 4) is 0 Å². The minimum absolute atomic E-state index is 0.158. The van der Waals surface area contributed by atoms with Crippen LogP contribution in [0.4, 0.5) is 13.2 Å². The molecule has 0 atom stereocenters. The first-order valence-corrected chi connectivity index (χ1v) is 5.38. The summed E-state index contributed by atoms with van der Waals surface area (Å²) >= 11 is 0. The number of carbonyl (C=O) groups is 1. The Morgan fingerprint density at radius 1 is 1.21 bits per heavy atom. The second-order valence-corrected chi connectivity index (χ2v) is 3.93. The fourth-order valence-corrected chi connectivity index (χ4v) is 1.66. The number of hydrogen-bond acceptors (Lipinski definition) is 3. The lowest BCUT2D eigenvalue weighted by Crippen LogP contribution is -2.14. The zero-order valence-electron chi connectivity index (χ0n) is 9.90. The predicted octanol–water partition coefficient (Wildman–Crippen LogP) is 3.03. The van der Waals surface area contributed by atoms with Crippen molar-refractivity contribution in [3.05, 3.63) is 59.2 Å². The van der Waals surface area contributed by atoms with Gasteiger partial charge in [0.25, 0.3) is 0 Å². The van der Waals surface area contributed by atoms with E-state index in [1.165, 1.54) is 18.3 Å². The highest BCUT2D eigenvalue weighted by atomic mass is 19.4. The van der Waals surface area contributed by atoms with Crippen LogP contribution in [0.15, 0.2) is 36.8 Å². The van der Waals surface area contributed by atoms with Crippen LogP contribution in [-0.2, 0) is 6.18 Å². The minimum Gasteiger partial charge on any atom is -0.289 e. The molecule has 2 aromatic heterocycles. The fraction of sp³-hybridized carbons (Fsp3) is 0.154. The van der Waals surface area contributed by atoms with E-state index in [1.54, 1.807) is 6.92 Å². The van der Waals surface area contributed by atoms with E-state index >= 15 is 0 Å². The Balaban J connectivity index is 2.51. The maximum atomic E-state index is 12.8. The van der Waals surface area contributed by atoms with Gasteiger partial charge < -0.3 is 0 Å². The summed E-state index contributed by atoms with van der Waals surface area (Å²) in [6.07, 6.45) is -1.26. The number of carbonyl (C=O) groups excluding carboxylic acids is 1. The third kappa shape index (κ3) is 2.78. The van der Waals surface area contributed by atoms with Gasteiger partial charge in [0, 0.05) is 29.8 Å². The van der Waals surface area contributed by atoms with Crippen LogP contribution in [0.3, 0.4) is 0 Å². The van der Waals surface area contributed by atoms with Crippen LogP contribution < -0.4 is 0 Å². The van der Waals surface area contributed by atoms with E-state index in [0.29, 0.717) is 5.69 Å². The van der Waals surface area contributed by atoms with Gasteiger partial charge in [-0.15, -0.1) is 0 Å². The molecule has 0 radical (unpaired) electrons. The van der Waals surface area contributed by atoms with Crippen molar-refractivity contribution in [3.63, 3.8) is 0 Å². The Kier molecular flexibility index (Phi) is 3.33. The number of hydrogen-bond donors (Lipinski definition) is 0. The van der Waals surface area contributed by atoms with Gasteiger partial charge in [0.1, 0.15) is 0 Å². The first kappa shape index (κ1) is 13.2. The molecule has 0 aliphatic heterocycles. The molecule has 3 nitrogen and oxygen atoms in total. The molecule has 0 bridgehead atoms. The van der Waals surface area contributed by atoms with Crippen molar-refractivity contribution in [2.75, 3.05) is 0 Å². The van der Waals surface area contributed by atoms with Crippen molar-refractivity contribution in [1.82, 2.24) is 9.97 Å². The largest absolute Gasteiger partial charge is 0.417 e. The minimum atomic E-state index is -4.59. The van der Waals surface area contributed by atoms with E-state index in [-0.39, 0.29) is 5.56 Å². The van der Waals surface area contributed by atoms with E-state index < -0.39 is 23.1 Å². The molecule has 0 aromatic carbocycles. The number of aryl methyl sites for hydroxylation is 1. The first-order chi connectivity index (χ1) is 8.89. The summed E-state index contributed by atoms with van der Waals surface area (Å²) in [5.41, 5.74) is -0.725. The number of aromatic nitrogens is 2. The lowest BCUT2D eigenvalue weighted by atomic mass is 10.0. The number of halogens is 3. The van der Waals surface area contributed by atoms with Gasteiger partial charge in [0.15, 0.2) is 5.78 Å². The van der Waals surface area contributed by atoms with E-state index in [2.05, 4.69) is 9.97 Å². The SMILES string of the molecule is Cc1cc(C(=O)c2cnccc2C(F)(F)F)ccn1. The van der Waals surface area contributed by atoms with Crippen LogP contribution in [-0.4, -0.2) is 15.8 Å². The van der Waals surface area contributed by atoms with Crippen LogP contribution in [0, 0.1) is 6.92 Å². The van der Waals surface area contributed by atoms with Crippen LogP contribution in [0.1, 0.15) is 27.2 Å². The van der Waals surface area contributed by atoms with E-state index in [9.17, 15) is 18.0 Å². The fourth-order valence-electron chi connectivity index (χ4n) is 1.66. The third-order valence-corrected chi connectivity index (χ3v) is 2.53. The molecule has 6 heteroatoms. The van der Waals surface area contributed by atoms with Crippen molar-refractivity contribution in [2.24, 2.45) is 0 Å². The van der Waals surface area contributed by atoms with Crippen LogP contribution in [0.25, 0.3) is 0 Å². The Morgan fingerprint density at radius 3 is 2.58 bits per heavy atom. The van der Waals surface area contributed by atoms with Crippen molar-refractivity contribution >= 4 is 5.78 Å². The number of alkyl halides is 3. The zero-order valence-corrected chi connectivity index (χ0v) is 9.90. The Morgan fingerprint density at radius 2 is 1.95 bits per heavy atom. The van der Waals surface area contributed by atoms with Crippen molar-refractivity contribution < 1.29 is 18.0 Å². The molecule has 0 saturated carbocycles. The second-order valence-electron chi connectivity index (χ2n) is 3.93. The molecule has 0 aliphatic rings. The number of nitrogens with zero attached hydrogens (tertiary/aromatic N) is 2. The predicted molar refractivity (Wildman–Crippen MR) is 61.6 cm³/mol. The average molecular weight is 266 g/mol. The Labute approximate surface area is 107 Å². The maximum absolute atomic E-state index is 12.8.